The van der Waals surface area contributed by atoms with Crippen LogP contribution in [0.15, 0.2) is 35.5 Å². The molecule has 1 aliphatic rings. The number of aryl methyl sites for hydroxylation is 1. The summed E-state index contributed by atoms with van der Waals surface area (Å²) in [5.74, 6) is 0.492. The van der Waals surface area contributed by atoms with Gasteiger partial charge in [0.15, 0.2) is 5.96 Å². The molecule has 5 nitrogen and oxygen atoms in total. The predicted molar refractivity (Wildman–Crippen MR) is 119 cm³/mol. The molecule has 10 heteroatoms. The number of halogens is 4. The zero-order valence-corrected chi connectivity index (χ0v) is 19.3. The molecule has 2 N–H and O–H groups in total. The summed E-state index contributed by atoms with van der Waals surface area (Å²) in [5.41, 5.74) is 0.562. The molecular weight excluding hydrogens is 516 g/mol. The van der Waals surface area contributed by atoms with Gasteiger partial charge in [0, 0.05) is 42.5 Å². The van der Waals surface area contributed by atoms with E-state index in [0.29, 0.717) is 24.6 Å². The van der Waals surface area contributed by atoms with Crippen molar-refractivity contribution in [3.05, 3.63) is 45.9 Å². The number of benzene rings is 1. The Morgan fingerprint density at radius 1 is 1.34 bits per heavy atom. The highest BCUT2D eigenvalue weighted by atomic mass is 127. The van der Waals surface area contributed by atoms with Gasteiger partial charge in [0.1, 0.15) is 5.75 Å². The molecule has 3 rings (SSSR count). The van der Waals surface area contributed by atoms with E-state index < -0.39 is 6.36 Å². The smallest absolute Gasteiger partial charge is 0.405 e. The maximum Gasteiger partial charge on any atom is 0.573 e. The lowest BCUT2D eigenvalue weighted by Gasteiger charge is -2.14. The van der Waals surface area contributed by atoms with Crippen LogP contribution in [0.3, 0.4) is 0 Å². The number of para-hydroxylation sites is 1. The third-order valence-electron chi connectivity index (χ3n) is 4.27. The summed E-state index contributed by atoms with van der Waals surface area (Å²) >= 11 is 1.66. The number of hydrogen-bond acceptors (Lipinski definition) is 4. The fraction of sp³-hybridized carbons (Fsp3) is 0.474. The molecule has 0 bridgehead atoms. The van der Waals surface area contributed by atoms with Crippen molar-refractivity contribution in [2.45, 2.75) is 45.0 Å². The minimum absolute atomic E-state index is 0. The molecule has 2 atom stereocenters. The van der Waals surface area contributed by atoms with Crippen LogP contribution in [0.2, 0.25) is 0 Å². The van der Waals surface area contributed by atoms with Crippen LogP contribution in [-0.4, -0.2) is 36.4 Å². The van der Waals surface area contributed by atoms with Gasteiger partial charge in [-0.25, -0.2) is 4.98 Å². The first-order valence-corrected chi connectivity index (χ1v) is 9.98. The van der Waals surface area contributed by atoms with Gasteiger partial charge in [0.2, 0.25) is 0 Å². The Balaban J connectivity index is 0.00000300. The maximum absolute atomic E-state index is 12.6. The number of rotatable bonds is 7. The third kappa shape index (κ3) is 7.32. The van der Waals surface area contributed by atoms with Crippen LogP contribution in [0.25, 0.3) is 0 Å². The van der Waals surface area contributed by atoms with Crippen molar-refractivity contribution in [3.8, 4) is 5.75 Å². The fourth-order valence-corrected chi connectivity index (χ4v) is 3.75. The lowest BCUT2D eigenvalue weighted by atomic mass is 10.1. The summed E-state index contributed by atoms with van der Waals surface area (Å²) in [6.45, 7) is 5.28. The van der Waals surface area contributed by atoms with Crippen molar-refractivity contribution in [2.24, 2.45) is 4.99 Å². The van der Waals surface area contributed by atoms with E-state index in [1.807, 2.05) is 20.0 Å². The normalized spacial score (nSPS) is 18.7. The van der Waals surface area contributed by atoms with E-state index in [0.717, 1.165) is 17.8 Å². The molecule has 1 aromatic carbocycles. The molecule has 0 saturated heterocycles. The molecule has 1 aromatic heterocycles. The summed E-state index contributed by atoms with van der Waals surface area (Å²) in [7, 11) is 0. The van der Waals surface area contributed by atoms with Crippen LogP contribution >= 0.6 is 35.3 Å². The largest absolute Gasteiger partial charge is 0.573 e. The van der Waals surface area contributed by atoms with Gasteiger partial charge < -0.3 is 15.4 Å². The Bertz CT molecular complexity index is 828. The summed E-state index contributed by atoms with van der Waals surface area (Å²) < 4.78 is 42.0. The number of aromatic nitrogens is 1. The lowest BCUT2D eigenvalue weighted by Crippen LogP contribution is -2.39. The van der Waals surface area contributed by atoms with Crippen molar-refractivity contribution in [1.29, 1.82) is 0 Å². The van der Waals surface area contributed by atoms with E-state index >= 15 is 0 Å². The van der Waals surface area contributed by atoms with Gasteiger partial charge in [-0.3, -0.25) is 4.99 Å². The molecule has 29 heavy (non-hydrogen) atoms. The van der Waals surface area contributed by atoms with E-state index in [9.17, 15) is 13.2 Å². The van der Waals surface area contributed by atoms with Crippen LogP contribution in [-0.2, 0) is 6.42 Å². The highest BCUT2D eigenvalue weighted by Gasteiger charge is 2.42. The highest BCUT2D eigenvalue weighted by molar-refractivity contribution is 14.0. The number of nitrogens with zero attached hydrogens (tertiary/aromatic N) is 2. The van der Waals surface area contributed by atoms with Gasteiger partial charge in [0.05, 0.1) is 5.01 Å². The summed E-state index contributed by atoms with van der Waals surface area (Å²) in [4.78, 5) is 10.1. The summed E-state index contributed by atoms with van der Waals surface area (Å²) in [5, 5.41) is 7.53. The number of nitrogens with one attached hydrogen (secondary N) is 2. The molecule has 1 saturated carbocycles. The monoisotopic (exact) mass is 540 g/mol. The van der Waals surface area contributed by atoms with Crippen LogP contribution in [0.4, 0.5) is 13.2 Å². The van der Waals surface area contributed by atoms with E-state index in [2.05, 4.69) is 25.3 Å². The number of hydrogen-bond donors (Lipinski definition) is 2. The first-order chi connectivity index (χ1) is 13.4. The van der Waals surface area contributed by atoms with Crippen LogP contribution in [0, 0.1) is 6.92 Å². The number of ether oxygens (including phenoxy) is 1. The standard InChI is InChI=1S/C19H23F3N4OS.HI/c1-3-23-18(24-9-8-17-25-11-12(2)28-17)26-15-10-14(15)13-6-4-5-7-16(13)27-19(20,21)22;/h4-7,11,14-15H,3,8-10H2,1-2H3,(H2,23,24,26);1H. The molecule has 2 unspecified atom stereocenters. The molecule has 0 spiro atoms. The van der Waals surface area contributed by atoms with Gasteiger partial charge in [-0.2, -0.15) is 0 Å². The van der Waals surface area contributed by atoms with Crippen molar-refractivity contribution < 1.29 is 17.9 Å². The number of aliphatic imine (C=N–C) groups is 1. The molecule has 0 radical (unpaired) electrons. The van der Waals surface area contributed by atoms with Gasteiger partial charge in [-0.1, -0.05) is 18.2 Å². The summed E-state index contributed by atoms with van der Waals surface area (Å²) in [6.07, 6.45) is -1.36. The zero-order valence-electron chi connectivity index (χ0n) is 16.1. The third-order valence-corrected chi connectivity index (χ3v) is 5.24. The maximum atomic E-state index is 12.6. The Hall–Kier alpha value is -1.56. The SMILES string of the molecule is CCNC(=NCCc1ncc(C)s1)NC1CC1c1ccccc1OC(F)(F)F.I. The van der Waals surface area contributed by atoms with Crippen LogP contribution < -0.4 is 15.4 Å². The van der Waals surface area contributed by atoms with Gasteiger partial charge in [-0.15, -0.1) is 48.5 Å². The molecule has 1 fully saturated rings. The Kier molecular flexibility index (Phi) is 8.56. The molecule has 160 valence electrons. The van der Waals surface area contributed by atoms with Crippen molar-refractivity contribution in [2.75, 3.05) is 13.1 Å². The Morgan fingerprint density at radius 2 is 2.10 bits per heavy atom. The molecule has 1 aliphatic carbocycles. The Labute approximate surface area is 189 Å². The highest BCUT2D eigenvalue weighted by Crippen LogP contribution is 2.45. The van der Waals surface area contributed by atoms with Gasteiger partial charge in [-0.05, 0) is 31.9 Å². The Morgan fingerprint density at radius 3 is 2.76 bits per heavy atom. The summed E-state index contributed by atoms with van der Waals surface area (Å²) in [6, 6.07) is 6.33. The minimum Gasteiger partial charge on any atom is -0.405 e. The van der Waals surface area contributed by atoms with Crippen LogP contribution in [0.5, 0.6) is 5.75 Å². The van der Waals surface area contributed by atoms with Crippen molar-refractivity contribution in [3.63, 3.8) is 0 Å². The van der Waals surface area contributed by atoms with Gasteiger partial charge >= 0.3 is 6.36 Å². The van der Waals surface area contributed by atoms with Crippen molar-refractivity contribution >= 4 is 41.3 Å². The average Bonchev–Trinajstić information content (AvgIpc) is 3.25. The zero-order chi connectivity index (χ0) is 20.1. The second-order valence-corrected chi connectivity index (χ2v) is 7.87. The minimum atomic E-state index is -4.70. The first kappa shape index (κ1) is 23.7. The van der Waals surface area contributed by atoms with E-state index in [-0.39, 0.29) is 41.7 Å². The first-order valence-electron chi connectivity index (χ1n) is 9.16. The fourth-order valence-electron chi connectivity index (χ4n) is 2.98. The molecule has 0 aliphatic heterocycles. The van der Waals surface area contributed by atoms with Crippen molar-refractivity contribution in [1.82, 2.24) is 15.6 Å². The topological polar surface area (TPSA) is 58.5 Å². The number of guanidine groups is 1. The van der Waals surface area contributed by atoms with E-state index in [4.69, 9.17) is 0 Å². The quantitative estimate of drug-likeness (QED) is 0.306. The number of alkyl halides is 3. The van der Waals surface area contributed by atoms with Gasteiger partial charge in [0.25, 0.3) is 0 Å². The second-order valence-electron chi connectivity index (χ2n) is 6.55. The van der Waals surface area contributed by atoms with E-state index in [1.165, 1.54) is 10.9 Å². The number of thiazole rings is 1. The lowest BCUT2D eigenvalue weighted by molar-refractivity contribution is -0.274. The molecule has 1 heterocycles. The van der Waals surface area contributed by atoms with E-state index in [1.54, 1.807) is 29.5 Å². The second kappa shape index (κ2) is 10.5. The molecule has 2 aromatic rings. The average molecular weight is 540 g/mol. The molecule has 0 amide bonds. The molecular formula is C19H24F3IN4OS. The predicted octanol–water partition coefficient (Wildman–Crippen LogP) is 4.62. The van der Waals surface area contributed by atoms with Crippen LogP contribution in [0.1, 0.15) is 34.7 Å².